The number of hydrogen-bond donors (Lipinski definition) is 3. The highest BCUT2D eigenvalue weighted by atomic mass is 16.5. The van der Waals surface area contributed by atoms with E-state index in [1.165, 1.54) is 64.1 Å². The number of unbranched alkanes of at least 4 members (excludes halogenated alkanes) is 12. The van der Waals surface area contributed by atoms with Gasteiger partial charge in [0.05, 0.1) is 6.61 Å². The van der Waals surface area contributed by atoms with Crippen LogP contribution >= 0.6 is 0 Å². The average molecular weight is 617 g/mol. The Labute approximate surface area is 264 Å². The van der Waals surface area contributed by atoms with Crippen molar-refractivity contribution in [2.45, 2.75) is 135 Å². The number of nitrogens with one attached hydrogen (secondary N) is 2. The summed E-state index contributed by atoms with van der Waals surface area (Å²) in [4.78, 5) is 49.6. The van der Waals surface area contributed by atoms with E-state index in [0.29, 0.717) is 25.8 Å². The van der Waals surface area contributed by atoms with Crippen molar-refractivity contribution >= 4 is 35.7 Å². The van der Waals surface area contributed by atoms with Gasteiger partial charge in [-0.05, 0) is 57.4 Å². The van der Waals surface area contributed by atoms with Crippen LogP contribution in [0.4, 0.5) is 0 Å². The van der Waals surface area contributed by atoms with Crippen molar-refractivity contribution in [2.24, 2.45) is 26.6 Å². The second kappa shape index (κ2) is 21.7. The van der Waals surface area contributed by atoms with E-state index in [1.54, 1.807) is 0 Å². The monoisotopic (exact) mass is 616 g/mol. The second-order valence-corrected chi connectivity index (χ2v) is 12.0. The Morgan fingerprint density at radius 3 is 2.30 bits per heavy atom. The van der Waals surface area contributed by atoms with Crippen LogP contribution in [0.1, 0.15) is 124 Å². The van der Waals surface area contributed by atoms with Gasteiger partial charge >= 0.3 is 11.9 Å². The third kappa shape index (κ3) is 14.7. The predicted octanol–water partition coefficient (Wildman–Crippen LogP) is 5.13. The largest absolute Gasteiger partial charge is 0.465 e. The fourth-order valence-corrected chi connectivity index (χ4v) is 4.82. The minimum atomic E-state index is -1.35. The quantitative estimate of drug-likeness (QED) is 0.0729. The zero-order valence-electron chi connectivity index (χ0n) is 27.3. The SMILES string of the molecule is CCCCCCCCCCCC=CCCCCC(=O)OCC1(NCCCCOC(=O)[C@@H](N)C(C)C)N=C2N=CN=C2C(=O)N1. The average Bonchev–Trinajstić information content (AvgIpc) is 3.48. The third-order valence-electron chi connectivity index (χ3n) is 7.72. The topological polar surface area (TPSA) is 157 Å². The van der Waals surface area contributed by atoms with E-state index in [0.717, 1.165) is 25.7 Å². The summed E-state index contributed by atoms with van der Waals surface area (Å²) in [5.41, 5.74) is 5.95. The first kappa shape index (κ1) is 37.3. The normalized spacial score (nSPS) is 18.2. The van der Waals surface area contributed by atoms with E-state index in [4.69, 9.17) is 15.2 Å². The van der Waals surface area contributed by atoms with Gasteiger partial charge in [-0.3, -0.25) is 19.7 Å². The molecule has 2 atom stereocenters. The molecule has 0 bridgehead atoms. The molecule has 4 N–H and O–H groups in total. The van der Waals surface area contributed by atoms with Crippen molar-refractivity contribution in [3.8, 4) is 0 Å². The molecule has 1 amide bonds. The first-order chi connectivity index (χ1) is 21.3. The van der Waals surface area contributed by atoms with Crippen LogP contribution in [0.2, 0.25) is 0 Å². The van der Waals surface area contributed by atoms with Gasteiger partial charge in [0.2, 0.25) is 5.79 Å². The molecule has 0 saturated heterocycles. The number of nitrogens with zero attached hydrogens (tertiary/aromatic N) is 3. The van der Waals surface area contributed by atoms with Crippen molar-refractivity contribution in [3.63, 3.8) is 0 Å². The van der Waals surface area contributed by atoms with Crippen LogP contribution in [0.3, 0.4) is 0 Å². The molecule has 11 heteroatoms. The van der Waals surface area contributed by atoms with Crippen molar-refractivity contribution in [3.05, 3.63) is 12.2 Å². The lowest BCUT2D eigenvalue weighted by atomic mass is 10.1. The van der Waals surface area contributed by atoms with Crippen LogP contribution in [-0.2, 0) is 23.9 Å². The molecule has 248 valence electrons. The molecule has 2 rings (SSSR count). The van der Waals surface area contributed by atoms with Crippen molar-refractivity contribution in [1.82, 2.24) is 10.6 Å². The van der Waals surface area contributed by atoms with E-state index in [2.05, 4.69) is 44.7 Å². The molecule has 0 aliphatic carbocycles. The number of amides is 1. The van der Waals surface area contributed by atoms with Crippen LogP contribution in [0.15, 0.2) is 27.1 Å². The van der Waals surface area contributed by atoms with Crippen molar-refractivity contribution in [2.75, 3.05) is 19.8 Å². The maximum absolute atomic E-state index is 12.6. The zero-order chi connectivity index (χ0) is 32.0. The summed E-state index contributed by atoms with van der Waals surface area (Å²) in [6.45, 7) is 6.46. The Kier molecular flexibility index (Phi) is 18.4. The fraction of sp³-hybridized carbons (Fsp3) is 0.758. The number of hydrogen-bond acceptors (Lipinski definition) is 10. The Balaban J connectivity index is 1.65. The van der Waals surface area contributed by atoms with Gasteiger partial charge in [0.15, 0.2) is 11.5 Å². The molecular weight excluding hydrogens is 560 g/mol. The van der Waals surface area contributed by atoms with Gasteiger partial charge in [-0.1, -0.05) is 84.3 Å². The molecule has 11 nitrogen and oxygen atoms in total. The molecule has 0 spiro atoms. The number of rotatable bonds is 25. The number of carbonyl (C=O) groups excluding carboxylic acids is 3. The summed E-state index contributed by atoms with van der Waals surface area (Å²) in [5, 5.41) is 5.96. The first-order valence-corrected chi connectivity index (χ1v) is 16.8. The van der Waals surface area contributed by atoms with E-state index in [9.17, 15) is 14.4 Å². The van der Waals surface area contributed by atoms with E-state index >= 15 is 0 Å². The number of carbonyl (C=O) groups is 3. The van der Waals surface area contributed by atoms with Gasteiger partial charge in [-0.15, -0.1) is 0 Å². The molecule has 44 heavy (non-hydrogen) atoms. The number of aliphatic imine (C=N–C) groups is 3. The highest BCUT2D eigenvalue weighted by Gasteiger charge is 2.41. The Morgan fingerprint density at radius 2 is 1.61 bits per heavy atom. The van der Waals surface area contributed by atoms with Gasteiger partial charge in [0, 0.05) is 6.42 Å². The van der Waals surface area contributed by atoms with Crippen LogP contribution < -0.4 is 16.4 Å². The molecule has 0 aromatic heterocycles. The van der Waals surface area contributed by atoms with E-state index in [-0.39, 0.29) is 36.6 Å². The fourth-order valence-electron chi connectivity index (χ4n) is 4.82. The molecule has 2 aliphatic heterocycles. The smallest absolute Gasteiger partial charge is 0.323 e. The number of fused-ring (bicyclic) bond motifs is 1. The van der Waals surface area contributed by atoms with Gasteiger partial charge in [-0.2, -0.15) is 0 Å². The highest BCUT2D eigenvalue weighted by molar-refractivity contribution is 6.69. The van der Waals surface area contributed by atoms with Gasteiger partial charge in [-0.25, -0.2) is 15.0 Å². The van der Waals surface area contributed by atoms with Crippen LogP contribution in [0.5, 0.6) is 0 Å². The molecule has 0 aromatic carbocycles. The Morgan fingerprint density at radius 1 is 0.955 bits per heavy atom. The lowest BCUT2D eigenvalue weighted by Crippen LogP contribution is -2.65. The number of allylic oxidation sites excluding steroid dienone is 2. The number of nitrogens with two attached hydrogens (primary N) is 1. The minimum Gasteiger partial charge on any atom is -0.465 e. The zero-order valence-corrected chi connectivity index (χ0v) is 27.3. The summed E-state index contributed by atoms with van der Waals surface area (Å²) in [6.07, 6.45) is 23.0. The maximum atomic E-state index is 12.6. The summed E-state index contributed by atoms with van der Waals surface area (Å²) in [5.74, 6) is -2.36. The standard InChI is InChI=1S/C33H56N6O5/c1-4-5-6-7-8-9-10-11-12-13-14-15-16-17-18-21-27(40)44-24-33(38-30-29(31(41)39-33)35-25-36-30)37-22-19-20-23-43-32(42)28(34)26(2)3/h14-15,25-26,28,37H,4-13,16-24,34H2,1-3H3,(H,39,41)/t28-,33?/m0/s1. The maximum Gasteiger partial charge on any atom is 0.323 e. The lowest BCUT2D eigenvalue weighted by molar-refractivity contribution is -0.147. The summed E-state index contributed by atoms with van der Waals surface area (Å²) in [6, 6.07) is -0.645. The summed E-state index contributed by atoms with van der Waals surface area (Å²) >= 11 is 0. The molecule has 2 heterocycles. The third-order valence-corrected chi connectivity index (χ3v) is 7.72. The number of amidine groups is 1. The number of ether oxygens (including phenoxy) is 2. The second-order valence-electron chi connectivity index (χ2n) is 12.0. The van der Waals surface area contributed by atoms with Crippen molar-refractivity contribution < 1.29 is 23.9 Å². The molecule has 2 aliphatic rings. The van der Waals surface area contributed by atoms with Crippen LogP contribution in [-0.4, -0.2) is 67.3 Å². The molecule has 0 aromatic rings. The van der Waals surface area contributed by atoms with Gasteiger partial charge < -0.3 is 20.5 Å². The summed E-state index contributed by atoms with van der Waals surface area (Å²) in [7, 11) is 0. The van der Waals surface area contributed by atoms with Crippen molar-refractivity contribution in [1.29, 1.82) is 0 Å². The van der Waals surface area contributed by atoms with E-state index in [1.807, 2.05) is 13.8 Å². The molecule has 0 saturated carbocycles. The predicted molar refractivity (Wildman–Crippen MR) is 176 cm³/mol. The minimum absolute atomic E-state index is 0.00323. The Bertz CT molecular complexity index is 1010. The van der Waals surface area contributed by atoms with E-state index < -0.39 is 23.7 Å². The van der Waals surface area contributed by atoms with Gasteiger partial charge in [0.1, 0.15) is 19.0 Å². The molecule has 1 unspecified atom stereocenters. The first-order valence-electron chi connectivity index (χ1n) is 16.8. The lowest BCUT2D eigenvalue weighted by Gasteiger charge is -2.34. The van der Waals surface area contributed by atoms with Gasteiger partial charge in [0.25, 0.3) is 5.91 Å². The van der Waals surface area contributed by atoms with Crippen LogP contribution in [0, 0.1) is 5.92 Å². The number of esters is 2. The molecule has 0 radical (unpaired) electrons. The Hall–Kier alpha value is -2.92. The molecule has 0 fully saturated rings. The summed E-state index contributed by atoms with van der Waals surface area (Å²) < 4.78 is 10.8. The van der Waals surface area contributed by atoms with Crippen LogP contribution in [0.25, 0.3) is 0 Å². The highest BCUT2D eigenvalue weighted by Crippen LogP contribution is 2.15. The molecular formula is C33H56N6O5.